The third kappa shape index (κ3) is 4.07. The van der Waals surface area contributed by atoms with Crippen LogP contribution in [0.4, 0.5) is 0 Å². The van der Waals surface area contributed by atoms with Crippen molar-refractivity contribution in [1.82, 2.24) is 4.90 Å². The number of sulfone groups is 1. The number of ketones is 1. The van der Waals surface area contributed by atoms with Gasteiger partial charge in [0, 0.05) is 12.2 Å². The van der Waals surface area contributed by atoms with E-state index in [0.717, 1.165) is 38.8 Å². The van der Waals surface area contributed by atoms with E-state index in [1.165, 1.54) is 19.3 Å². The van der Waals surface area contributed by atoms with E-state index in [2.05, 4.69) is 4.90 Å². The average Bonchev–Trinajstić information content (AvgIpc) is 2.99. The van der Waals surface area contributed by atoms with E-state index in [1.807, 2.05) is 0 Å². The lowest BCUT2D eigenvalue weighted by atomic mass is 9.85. The van der Waals surface area contributed by atoms with Gasteiger partial charge in [0.05, 0.1) is 11.3 Å². The number of piperidine rings is 1. The van der Waals surface area contributed by atoms with Crippen molar-refractivity contribution in [2.75, 3.05) is 24.6 Å². The number of carbonyl (C=O) groups is 1. The van der Waals surface area contributed by atoms with Gasteiger partial charge >= 0.3 is 0 Å². The molecule has 2 aliphatic rings. The lowest BCUT2D eigenvalue weighted by Crippen LogP contribution is -2.54. The monoisotopic (exact) mass is 315 g/mol. The fourth-order valence-electron chi connectivity index (χ4n) is 3.88. The van der Waals surface area contributed by atoms with Crippen LogP contribution in [0.1, 0.15) is 64.7 Å². The number of likely N-dealkylation sites (tertiary alicyclic amines) is 1. The Morgan fingerprint density at radius 1 is 1.05 bits per heavy atom. The molecule has 1 heterocycles. The van der Waals surface area contributed by atoms with Gasteiger partial charge in [-0.3, -0.25) is 9.69 Å². The summed E-state index contributed by atoms with van der Waals surface area (Å²) in [6, 6.07) is 0. The molecule has 0 amide bonds. The van der Waals surface area contributed by atoms with E-state index in [1.54, 1.807) is 6.92 Å². The molecule has 0 aromatic carbocycles. The maximum atomic E-state index is 12.8. The highest BCUT2D eigenvalue weighted by atomic mass is 32.2. The molecule has 4 nitrogen and oxygen atoms in total. The second-order valence-corrected chi connectivity index (χ2v) is 9.02. The van der Waals surface area contributed by atoms with Crippen molar-refractivity contribution in [1.29, 1.82) is 0 Å². The maximum absolute atomic E-state index is 12.8. The molecule has 1 aliphatic heterocycles. The smallest absolute Gasteiger partial charge is 0.153 e. The second kappa shape index (κ2) is 7.23. The Hall–Kier alpha value is -0.420. The van der Waals surface area contributed by atoms with Gasteiger partial charge < -0.3 is 0 Å². The molecule has 1 aliphatic carbocycles. The number of Topliss-reactive ketones (excluding diaryl/α,β-unsaturated/α-hetero) is 1. The van der Waals surface area contributed by atoms with Gasteiger partial charge in [0.25, 0.3) is 0 Å². The highest BCUT2D eigenvalue weighted by Crippen LogP contribution is 2.38. The zero-order valence-corrected chi connectivity index (χ0v) is 14.1. The summed E-state index contributed by atoms with van der Waals surface area (Å²) in [4.78, 5) is 15.2. The second-order valence-electron chi connectivity index (χ2n) is 6.55. The number of carbonyl (C=O) groups excluding carboxylic acids is 1. The molecule has 2 rings (SSSR count). The molecular weight excluding hydrogens is 286 g/mol. The van der Waals surface area contributed by atoms with Gasteiger partial charge in [-0.05, 0) is 45.2 Å². The SMILES string of the molecule is CCS(=O)(=O)CCCC(=O)C1(N2CCCCC2)CCCC1. The molecule has 5 heteroatoms. The van der Waals surface area contributed by atoms with E-state index >= 15 is 0 Å². The molecule has 0 radical (unpaired) electrons. The first-order chi connectivity index (χ1) is 10.0. The van der Waals surface area contributed by atoms with E-state index in [4.69, 9.17) is 0 Å². The van der Waals surface area contributed by atoms with Crippen LogP contribution in [-0.4, -0.2) is 49.2 Å². The van der Waals surface area contributed by atoms with Gasteiger partial charge in [-0.15, -0.1) is 0 Å². The normalized spacial score (nSPS) is 23.3. The molecule has 0 bridgehead atoms. The van der Waals surface area contributed by atoms with Crippen molar-refractivity contribution in [3.05, 3.63) is 0 Å². The van der Waals surface area contributed by atoms with Crippen LogP contribution in [0.2, 0.25) is 0 Å². The minimum Gasteiger partial charge on any atom is -0.298 e. The van der Waals surface area contributed by atoms with E-state index in [0.29, 0.717) is 18.6 Å². The Labute approximate surface area is 129 Å². The molecule has 0 aromatic heterocycles. The van der Waals surface area contributed by atoms with Crippen molar-refractivity contribution < 1.29 is 13.2 Å². The molecule has 122 valence electrons. The summed E-state index contributed by atoms with van der Waals surface area (Å²) in [5, 5.41) is 0. The van der Waals surface area contributed by atoms with Crippen LogP contribution in [0.3, 0.4) is 0 Å². The summed E-state index contributed by atoms with van der Waals surface area (Å²) in [6.45, 7) is 3.75. The number of hydrogen-bond acceptors (Lipinski definition) is 4. The molecule has 0 aromatic rings. The fraction of sp³-hybridized carbons (Fsp3) is 0.938. The van der Waals surface area contributed by atoms with E-state index < -0.39 is 9.84 Å². The quantitative estimate of drug-likeness (QED) is 0.724. The Bertz CT molecular complexity index is 446. The highest BCUT2D eigenvalue weighted by molar-refractivity contribution is 7.91. The summed E-state index contributed by atoms with van der Waals surface area (Å²) in [7, 11) is -2.95. The van der Waals surface area contributed by atoms with Gasteiger partial charge in [-0.1, -0.05) is 26.2 Å². The van der Waals surface area contributed by atoms with Crippen molar-refractivity contribution in [3.63, 3.8) is 0 Å². The van der Waals surface area contributed by atoms with Crippen LogP contribution < -0.4 is 0 Å². The molecule has 1 saturated heterocycles. The number of nitrogens with zero attached hydrogens (tertiary/aromatic N) is 1. The Kier molecular flexibility index (Phi) is 5.83. The van der Waals surface area contributed by atoms with Crippen LogP contribution in [-0.2, 0) is 14.6 Å². The summed E-state index contributed by atoms with van der Waals surface area (Å²) in [6.07, 6.45) is 8.80. The summed E-state index contributed by atoms with van der Waals surface area (Å²) >= 11 is 0. The van der Waals surface area contributed by atoms with Crippen LogP contribution in [0.15, 0.2) is 0 Å². The standard InChI is InChI=1S/C16H29NO3S/c1-2-21(19,20)14-8-9-15(18)16(10-4-5-11-16)17-12-6-3-7-13-17/h2-14H2,1H3. The summed E-state index contributed by atoms with van der Waals surface area (Å²) in [5.41, 5.74) is -0.254. The highest BCUT2D eigenvalue weighted by Gasteiger charge is 2.45. The summed E-state index contributed by atoms with van der Waals surface area (Å²) < 4.78 is 23.1. The van der Waals surface area contributed by atoms with Gasteiger partial charge in [-0.2, -0.15) is 0 Å². The fourth-order valence-corrected chi connectivity index (χ4v) is 4.76. The maximum Gasteiger partial charge on any atom is 0.153 e. The zero-order chi connectivity index (χ0) is 15.3. The van der Waals surface area contributed by atoms with E-state index in [9.17, 15) is 13.2 Å². The molecule has 21 heavy (non-hydrogen) atoms. The number of hydrogen-bond donors (Lipinski definition) is 0. The third-order valence-electron chi connectivity index (χ3n) is 5.21. The van der Waals surface area contributed by atoms with E-state index in [-0.39, 0.29) is 17.0 Å². The summed E-state index contributed by atoms with van der Waals surface area (Å²) in [5.74, 6) is 0.636. The van der Waals surface area contributed by atoms with Gasteiger partial charge in [0.1, 0.15) is 9.84 Å². The zero-order valence-electron chi connectivity index (χ0n) is 13.3. The first-order valence-corrected chi connectivity index (χ1v) is 10.3. The van der Waals surface area contributed by atoms with Gasteiger partial charge in [0.2, 0.25) is 0 Å². The Morgan fingerprint density at radius 3 is 2.24 bits per heavy atom. The molecule has 0 unspecified atom stereocenters. The minimum absolute atomic E-state index is 0.158. The first kappa shape index (κ1) is 16.9. The topological polar surface area (TPSA) is 54.5 Å². The molecule has 2 fully saturated rings. The first-order valence-electron chi connectivity index (χ1n) is 8.49. The molecule has 0 spiro atoms. The van der Waals surface area contributed by atoms with Gasteiger partial charge in [0.15, 0.2) is 5.78 Å². The molecule has 1 saturated carbocycles. The molecular formula is C16H29NO3S. The van der Waals surface area contributed by atoms with Crippen molar-refractivity contribution in [2.45, 2.75) is 70.3 Å². The lowest BCUT2D eigenvalue weighted by molar-refractivity contribution is -0.132. The van der Waals surface area contributed by atoms with Crippen molar-refractivity contribution >= 4 is 15.6 Å². The van der Waals surface area contributed by atoms with Crippen LogP contribution in [0.25, 0.3) is 0 Å². The Balaban J connectivity index is 1.96. The van der Waals surface area contributed by atoms with Crippen molar-refractivity contribution in [2.24, 2.45) is 0 Å². The lowest BCUT2D eigenvalue weighted by Gasteiger charge is -2.42. The van der Waals surface area contributed by atoms with Crippen LogP contribution in [0.5, 0.6) is 0 Å². The van der Waals surface area contributed by atoms with Gasteiger partial charge in [-0.25, -0.2) is 8.42 Å². The minimum atomic E-state index is -2.95. The Morgan fingerprint density at radius 2 is 1.67 bits per heavy atom. The third-order valence-corrected chi connectivity index (χ3v) is 7.00. The average molecular weight is 315 g/mol. The number of rotatable bonds is 7. The van der Waals surface area contributed by atoms with Crippen molar-refractivity contribution in [3.8, 4) is 0 Å². The van der Waals surface area contributed by atoms with Crippen LogP contribution in [0, 0.1) is 0 Å². The molecule has 0 atom stereocenters. The predicted octanol–water partition coefficient (Wildman–Crippen LogP) is 2.57. The molecule has 0 N–H and O–H groups in total. The predicted molar refractivity (Wildman–Crippen MR) is 85.2 cm³/mol. The largest absolute Gasteiger partial charge is 0.298 e. The van der Waals surface area contributed by atoms with Crippen LogP contribution >= 0.6 is 0 Å².